The van der Waals surface area contributed by atoms with Crippen molar-refractivity contribution in [2.45, 2.75) is 59.4 Å². The lowest BCUT2D eigenvalue weighted by Crippen LogP contribution is -2.28. The summed E-state index contributed by atoms with van der Waals surface area (Å²) >= 11 is 0. The summed E-state index contributed by atoms with van der Waals surface area (Å²) in [5.41, 5.74) is 9.16. The number of hydrogen-bond donors (Lipinski definition) is 2. The molecular weight excluding hydrogens is 374 g/mol. The number of hydrogen-bond acceptors (Lipinski definition) is 5. The van der Waals surface area contributed by atoms with Gasteiger partial charge in [-0.05, 0) is 62.7 Å². The number of aryl methyl sites for hydroxylation is 1. The van der Waals surface area contributed by atoms with Crippen molar-refractivity contribution in [1.82, 2.24) is 19.9 Å². The van der Waals surface area contributed by atoms with Gasteiger partial charge in [0.05, 0.1) is 17.6 Å². The van der Waals surface area contributed by atoms with Crippen LogP contribution in [0.1, 0.15) is 52.3 Å². The summed E-state index contributed by atoms with van der Waals surface area (Å²) in [5, 5.41) is 4.52. The number of aromatic nitrogens is 3. The summed E-state index contributed by atoms with van der Waals surface area (Å²) in [4.78, 5) is 9.54. The maximum atomic E-state index is 6.35. The highest BCUT2D eigenvalue weighted by Gasteiger charge is 2.18. The second-order valence-corrected chi connectivity index (χ2v) is 8.99. The third kappa shape index (κ3) is 4.38. The number of nitrogens with two attached hydrogens (primary N) is 1. The van der Waals surface area contributed by atoms with Gasteiger partial charge in [-0.3, -0.25) is 0 Å². The second-order valence-electron chi connectivity index (χ2n) is 8.99. The zero-order chi connectivity index (χ0) is 21.1. The molecule has 1 aliphatic rings. The van der Waals surface area contributed by atoms with Crippen molar-refractivity contribution >= 4 is 27.8 Å². The van der Waals surface area contributed by atoms with Crippen molar-refractivity contribution in [2.24, 2.45) is 11.8 Å². The molecule has 6 heteroatoms. The normalized spacial score (nSPS) is 15.5. The SMILES string of the molecule is CCCc1nc2c(N)nc3cc(OCCC4CCNCC4)ccc3c2n1CC(C)C. The molecule has 0 aliphatic carbocycles. The van der Waals surface area contributed by atoms with Crippen molar-refractivity contribution in [3.63, 3.8) is 0 Å². The van der Waals surface area contributed by atoms with Crippen LogP contribution < -0.4 is 15.8 Å². The van der Waals surface area contributed by atoms with E-state index in [0.29, 0.717) is 11.7 Å². The Hall–Kier alpha value is -2.34. The first kappa shape index (κ1) is 20.9. The molecule has 0 bridgehead atoms. The Morgan fingerprint density at radius 3 is 2.77 bits per heavy atom. The van der Waals surface area contributed by atoms with Crippen LogP contribution in [0.15, 0.2) is 18.2 Å². The molecule has 6 nitrogen and oxygen atoms in total. The minimum atomic E-state index is 0.504. The van der Waals surface area contributed by atoms with Gasteiger partial charge in [0.1, 0.15) is 17.1 Å². The Morgan fingerprint density at radius 2 is 2.03 bits per heavy atom. The lowest BCUT2D eigenvalue weighted by molar-refractivity contribution is 0.252. The molecule has 3 N–H and O–H groups in total. The molecule has 1 saturated heterocycles. The number of benzene rings is 1. The van der Waals surface area contributed by atoms with E-state index in [4.69, 9.17) is 15.5 Å². The number of pyridine rings is 1. The number of fused-ring (bicyclic) bond motifs is 3. The van der Waals surface area contributed by atoms with Gasteiger partial charge in [-0.1, -0.05) is 20.8 Å². The van der Waals surface area contributed by atoms with E-state index in [1.165, 1.54) is 12.8 Å². The number of nitrogens with zero attached hydrogens (tertiary/aromatic N) is 3. The molecule has 3 heterocycles. The van der Waals surface area contributed by atoms with E-state index >= 15 is 0 Å². The molecule has 0 amide bonds. The van der Waals surface area contributed by atoms with Crippen molar-refractivity contribution in [2.75, 3.05) is 25.4 Å². The molecule has 3 aromatic rings. The lowest BCUT2D eigenvalue weighted by Gasteiger charge is -2.22. The Morgan fingerprint density at radius 1 is 1.23 bits per heavy atom. The Balaban J connectivity index is 1.64. The third-order valence-electron chi connectivity index (χ3n) is 6.03. The van der Waals surface area contributed by atoms with Gasteiger partial charge < -0.3 is 20.4 Å². The topological polar surface area (TPSA) is 78.0 Å². The number of piperidine rings is 1. The molecule has 30 heavy (non-hydrogen) atoms. The highest BCUT2D eigenvalue weighted by atomic mass is 16.5. The fourth-order valence-corrected chi connectivity index (χ4v) is 4.52. The predicted octanol–water partition coefficient (Wildman–Crippen LogP) is 4.54. The van der Waals surface area contributed by atoms with Gasteiger partial charge in [-0.2, -0.15) is 0 Å². The fourth-order valence-electron chi connectivity index (χ4n) is 4.52. The van der Waals surface area contributed by atoms with Crippen LogP contribution in [-0.2, 0) is 13.0 Å². The average Bonchev–Trinajstić information content (AvgIpc) is 3.07. The maximum absolute atomic E-state index is 6.35. The zero-order valence-electron chi connectivity index (χ0n) is 18.6. The largest absolute Gasteiger partial charge is 0.494 e. The highest BCUT2D eigenvalue weighted by molar-refractivity contribution is 6.06. The lowest BCUT2D eigenvalue weighted by atomic mass is 9.95. The number of rotatable bonds is 8. The fraction of sp³-hybridized carbons (Fsp3) is 0.583. The summed E-state index contributed by atoms with van der Waals surface area (Å²) in [5.74, 6) is 3.77. The van der Waals surface area contributed by atoms with Crippen molar-refractivity contribution in [3.8, 4) is 5.75 Å². The number of imidazole rings is 1. The molecule has 1 aromatic carbocycles. The number of nitrogen functional groups attached to an aromatic ring is 1. The van der Waals surface area contributed by atoms with Gasteiger partial charge in [-0.15, -0.1) is 0 Å². The number of nitrogens with one attached hydrogen (secondary N) is 1. The van der Waals surface area contributed by atoms with Crippen LogP contribution in [0.25, 0.3) is 21.9 Å². The van der Waals surface area contributed by atoms with Crippen LogP contribution >= 0.6 is 0 Å². The van der Waals surface area contributed by atoms with Gasteiger partial charge in [0.15, 0.2) is 5.82 Å². The average molecular weight is 410 g/mol. The monoisotopic (exact) mass is 409 g/mol. The van der Waals surface area contributed by atoms with E-state index in [-0.39, 0.29) is 0 Å². The van der Waals surface area contributed by atoms with Gasteiger partial charge in [0.2, 0.25) is 0 Å². The van der Waals surface area contributed by atoms with Crippen LogP contribution in [0.2, 0.25) is 0 Å². The Kier molecular flexibility index (Phi) is 6.42. The molecule has 162 valence electrons. The van der Waals surface area contributed by atoms with Crippen LogP contribution in [0.5, 0.6) is 5.75 Å². The van der Waals surface area contributed by atoms with E-state index in [9.17, 15) is 0 Å². The standard InChI is InChI=1S/C24H35N5O/c1-4-5-21-28-22-23(29(21)15-16(2)3)19-7-6-18(14-20(19)27-24(22)25)30-13-10-17-8-11-26-12-9-17/h6-7,14,16-17,26H,4-5,8-13,15H2,1-3H3,(H2,25,27). The molecule has 0 radical (unpaired) electrons. The highest BCUT2D eigenvalue weighted by Crippen LogP contribution is 2.32. The van der Waals surface area contributed by atoms with Crippen molar-refractivity contribution in [1.29, 1.82) is 0 Å². The van der Waals surface area contributed by atoms with Crippen LogP contribution in [0.3, 0.4) is 0 Å². The molecule has 1 fully saturated rings. The summed E-state index contributed by atoms with van der Waals surface area (Å²) < 4.78 is 8.43. The zero-order valence-corrected chi connectivity index (χ0v) is 18.6. The predicted molar refractivity (Wildman–Crippen MR) is 124 cm³/mol. The quantitative estimate of drug-likeness (QED) is 0.571. The second kappa shape index (κ2) is 9.21. The van der Waals surface area contributed by atoms with Crippen LogP contribution in [0.4, 0.5) is 5.82 Å². The van der Waals surface area contributed by atoms with Crippen LogP contribution in [-0.4, -0.2) is 34.2 Å². The van der Waals surface area contributed by atoms with E-state index in [0.717, 1.165) is 84.9 Å². The first-order valence-corrected chi connectivity index (χ1v) is 11.5. The summed E-state index contributed by atoms with van der Waals surface area (Å²) in [6.45, 7) is 10.6. The molecule has 0 saturated carbocycles. The first-order chi connectivity index (χ1) is 14.6. The maximum Gasteiger partial charge on any atom is 0.152 e. The third-order valence-corrected chi connectivity index (χ3v) is 6.03. The van der Waals surface area contributed by atoms with E-state index < -0.39 is 0 Å². The molecule has 0 unspecified atom stereocenters. The summed E-state index contributed by atoms with van der Waals surface area (Å²) in [6.07, 6.45) is 5.60. The van der Waals surface area contributed by atoms with E-state index in [2.05, 4.69) is 47.8 Å². The number of anilines is 1. The molecular formula is C24H35N5O. The Bertz CT molecular complexity index is 1000. The minimum Gasteiger partial charge on any atom is -0.494 e. The van der Waals surface area contributed by atoms with Gasteiger partial charge in [0.25, 0.3) is 0 Å². The molecule has 2 aromatic heterocycles. The Labute approximate surface area is 179 Å². The van der Waals surface area contributed by atoms with Gasteiger partial charge in [0, 0.05) is 24.4 Å². The van der Waals surface area contributed by atoms with Crippen LogP contribution in [0, 0.1) is 11.8 Å². The van der Waals surface area contributed by atoms with E-state index in [1.54, 1.807) is 0 Å². The summed E-state index contributed by atoms with van der Waals surface area (Å²) in [7, 11) is 0. The van der Waals surface area contributed by atoms with Gasteiger partial charge >= 0.3 is 0 Å². The van der Waals surface area contributed by atoms with Gasteiger partial charge in [-0.25, -0.2) is 9.97 Å². The smallest absolute Gasteiger partial charge is 0.152 e. The summed E-state index contributed by atoms with van der Waals surface area (Å²) in [6, 6.07) is 6.21. The minimum absolute atomic E-state index is 0.504. The van der Waals surface area contributed by atoms with Crippen molar-refractivity contribution < 1.29 is 4.74 Å². The molecule has 1 aliphatic heterocycles. The molecule has 0 spiro atoms. The molecule has 0 atom stereocenters. The first-order valence-electron chi connectivity index (χ1n) is 11.5. The number of ether oxygens (including phenoxy) is 1. The van der Waals surface area contributed by atoms with E-state index in [1.807, 2.05) is 6.07 Å². The van der Waals surface area contributed by atoms with Crippen molar-refractivity contribution in [3.05, 3.63) is 24.0 Å². The molecule has 4 rings (SSSR count).